The summed E-state index contributed by atoms with van der Waals surface area (Å²) in [5, 5.41) is 13.7. The smallest absolute Gasteiger partial charge is 0.272 e. The minimum atomic E-state index is -0.187. The number of carbonyl (C=O) groups excluding carboxylic acids is 1. The zero-order chi connectivity index (χ0) is 15.5. The van der Waals surface area contributed by atoms with Crippen LogP contribution in [0.1, 0.15) is 27.3 Å². The van der Waals surface area contributed by atoms with Crippen LogP contribution in [0.2, 0.25) is 5.02 Å². The van der Waals surface area contributed by atoms with E-state index in [1.54, 1.807) is 19.2 Å². The molecule has 0 aliphatic carbocycles. The van der Waals surface area contributed by atoms with Crippen molar-refractivity contribution in [3.05, 3.63) is 45.7 Å². The summed E-state index contributed by atoms with van der Waals surface area (Å²) < 4.78 is 5.11. The van der Waals surface area contributed by atoms with Crippen molar-refractivity contribution < 1.29 is 9.53 Å². The maximum absolute atomic E-state index is 12.3. The molecule has 0 saturated carbocycles. The van der Waals surface area contributed by atoms with E-state index in [0.717, 1.165) is 29.8 Å². The van der Waals surface area contributed by atoms with Gasteiger partial charge in [-0.05, 0) is 17.7 Å². The highest BCUT2D eigenvalue weighted by atomic mass is 35.5. The minimum absolute atomic E-state index is 0.187. The fourth-order valence-electron chi connectivity index (χ4n) is 2.50. The molecule has 1 amide bonds. The van der Waals surface area contributed by atoms with Gasteiger partial charge in [0.25, 0.3) is 5.91 Å². The zero-order valence-electron chi connectivity index (χ0n) is 12.2. The van der Waals surface area contributed by atoms with Gasteiger partial charge >= 0.3 is 0 Å². The number of rotatable bonds is 4. The van der Waals surface area contributed by atoms with Crippen LogP contribution in [0.5, 0.6) is 5.75 Å². The molecule has 6 nitrogen and oxygen atoms in total. The van der Waals surface area contributed by atoms with Crippen LogP contribution in [0.3, 0.4) is 0 Å². The molecule has 22 heavy (non-hydrogen) atoms. The van der Waals surface area contributed by atoms with Crippen molar-refractivity contribution in [1.29, 1.82) is 0 Å². The molecular weight excluding hydrogens is 304 g/mol. The summed E-state index contributed by atoms with van der Waals surface area (Å²) in [6.07, 6.45) is 0.865. The molecular formula is C15H17ClN4O2. The highest BCUT2D eigenvalue weighted by Crippen LogP contribution is 2.24. The molecule has 0 radical (unpaired) electrons. The lowest BCUT2D eigenvalue weighted by atomic mass is 10.1. The fraction of sp³-hybridized carbons (Fsp3) is 0.333. The van der Waals surface area contributed by atoms with Gasteiger partial charge in [0.1, 0.15) is 5.75 Å². The summed E-state index contributed by atoms with van der Waals surface area (Å²) in [6, 6.07) is 5.43. The second-order valence-corrected chi connectivity index (χ2v) is 5.51. The second kappa shape index (κ2) is 6.37. The van der Waals surface area contributed by atoms with Crippen LogP contribution in [0.4, 0.5) is 0 Å². The van der Waals surface area contributed by atoms with Crippen LogP contribution >= 0.6 is 11.6 Å². The number of amides is 1. The number of carbonyl (C=O) groups is 1. The Hall–Kier alpha value is -2.05. The molecule has 0 spiro atoms. The summed E-state index contributed by atoms with van der Waals surface area (Å²) >= 11 is 6.08. The normalized spacial score (nSPS) is 13.5. The largest absolute Gasteiger partial charge is 0.495 e. The van der Waals surface area contributed by atoms with Crippen LogP contribution in [0.15, 0.2) is 18.2 Å². The number of aromatic nitrogens is 2. The molecule has 3 rings (SSSR count). The maximum atomic E-state index is 12.3. The first-order valence-corrected chi connectivity index (χ1v) is 7.44. The Morgan fingerprint density at radius 1 is 1.50 bits per heavy atom. The van der Waals surface area contributed by atoms with Crippen molar-refractivity contribution in [3.8, 4) is 5.75 Å². The van der Waals surface area contributed by atoms with Crippen molar-refractivity contribution in [2.45, 2.75) is 19.5 Å². The number of aromatic amines is 1. The van der Waals surface area contributed by atoms with Crippen LogP contribution in [-0.2, 0) is 19.5 Å². The standard InChI is InChI=1S/C15H17ClN4O2/c1-22-13-3-2-9(6-11(13)16)7-18-15(21)14-10-8-17-5-4-12(10)19-20-14/h2-3,6,17H,4-5,7-8H2,1H3,(H,18,21)(H,19,20). The van der Waals surface area contributed by atoms with E-state index >= 15 is 0 Å². The van der Waals surface area contributed by atoms with Crippen LogP contribution in [0, 0.1) is 0 Å². The number of nitrogens with zero attached hydrogens (tertiary/aromatic N) is 1. The van der Waals surface area contributed by atoms with Crippen molar-refractivity contribution in [1.82, 2.24) is 20.8 Å². The first-order chi connectivity index (χ1) is 10.7. The number of hydrogen-bond acceptors (Lipinski definition) is 4. The van der Waals surface area contributed by atoms with Crippen LogP contribution in [-0.4, -0.2) is 29.8 Å². The summed E-state index contributed by atoms with van der Waals surface area (Å²) in [5.41, 5.74) is 3.36. The van der Waals surface area contributed by atoms with E-state index in [1.165, 1.54) is 0 Å². The number of benzene rings is 1. The third-order valence-corrected chi connectivity index (χ3v) is 3.99. The monoisotopic (exact) mass is 320 g/mol. The van der Waals surface area contributed by atoms with E-state index in [4.69, 9.17) is 16.3 Å². The van der Waals surface area contributed by atoms with E-state index in [1.807, 2.05) is 6.07 Å². The molecule has 0 atom stereocenters. The number of hydrogen-bond donors (Lipinski definition) is 3. The molecule has 0 saturated heterocycles. The minimum Gasteiger partial charge on any atom is -0.495 e. The SMILES string of the molecule is COc1ccc(CNC(=O)c2n[nH]c3c2CNCC3)cc1Cl. The quantitative estimate of drug-likeness (QED) is 0.800. The molecule has 116 valence electrons. The van der Waals surface area contributed by atoms with E-state index in [9.17, 15) is 4.79 Å². The second-order valence-electron chi connectivity index (χ2n) is 5.11. The van der Waals surface area contributed by atoms with Gasteiger partial charge in [-0.1, -0.05) is 17.7 Å². The van der Waals surface area contributed by atoms with Gasteiger partial charge in [-0.25, -0.2) is 0 Å². The Bertz CT molecular complexity index is 699. The molecule has 1 aliphatic heterocycles. The lowest BCUT2D eigenvalue weighted by Crippen LogP contribution is -2.28. The average molecular weight is 321 g/mol. The molecule has 0 bridgehead atoms. The third-order valence-electron chi connectivity index (χ3n) is 3.69. The van der Waals surface area contributed by atoms with Crippen molar-refractivity contribution in [3.63, 3.8) is 0 Å². The van der Waals surface area contributed by atoms with E-state index < -0.39 is 0 Å². The van der Waals surface area contributed by atoms with Crippen LogP contribution in [0.25, 0.3) is 0 Å². The highest BCUT2D eigenvalue weighted by molar-refractivity contribution is 6.32. The van der Waals surface area contributed by atoms with Gasteiger partial charge in [0.05, 0.1) is 12.1 Å². The van der Waals surface area contributed by atoms with Crippen molar-refractivity contribution >= 4 is 17.5 Å². The van der Waals surface area contributed by atoms with Gasteiger partial charge in [-0.15, -0.1) is 0 Å². The fourth-order valence-corrected chi connectivity index (χ4v) is 2.78. The van der Waals surface area contributed by atoms with Gasteiger partial charge in [0.2, 0.25) is 0 Å². The third kappa shape index (κ3) is 2.93. The van der Waals surface area contributed by atoms with E-state index in [-0.39, 0.29) is 5.91 Å². The molecule has 3 N–H and O–H groups in total. The van der Waals surface area contributed by atoms with Crippen LogP contribution < -0.4 is 15.4 Å². The molecule has 0 fully saturated rings. The van der Waals surface area contributed by atoms with Crippen molar-refractivity contribution in [2.24, 2.45) is 0 Å². The highest BCUT2D eigenvalue weighted by Gasteiger charge is 2.21. The molecule has 2 aromatic rings. The topological polar surface area (TPSA) is 79.0 Å². The summed E-state index contributed by atoms with van der Waals surface area (Å²) in [7, 11) is 1.57. The van der Waals surface area contributed by atoms with Crippen molar-refractivity contribution in [2.75, 3.05) is 13.7 Å². The molecule has 7 heteroatoms. The summed E-state index contributed by atoms with van der Waals surface area (Å²) in [5.74, 6) is 0.428. The van der Waals surface area contributed by atoms with Gasteiger partial charge in [0, 0.05) is 37.3 Å². The Balaban J connectivity index is 1.67. The Morgan fingerprint density at radius 2 is 2.36 bits per heavy atom. The molecule has 1 aromatic carbocycles. The summed E-state index contributed by atoms with van der Waals surface area (Å²) in [6.45, 7) is 1.96. The molecule has 2 heterocycles. The Labute approximate surface area is 133 Å². The van der Waals surface area contributed by atoms with Gasteiger partial charge in [-0.2, -0.15) is 5.10 Å². The number of nitrogens with one attached hydrogen (secondary N) is 3. The number of methoxy groups -OCH3 is 1. The molecule has 0 unspecified atom stereocenters. The zero-order valence-corrected chi connectivity index (χ0v) is 13.0. The average Bonchev–Trinajstić information content (AvgIpc) is 2.97. The lowest BCUT2D eigenvalue weighted by molar-refractivity contribution is 0.0944. The first-order valence-electron chi connectivity index (χ1n) is 7.06. The van der Waals surface area contributed by atoms with Gasteiger partial charge in [-0.3, -0.25) is 9.89 Å². The summed E-state index contributed by atoms with van der Waals surface area (Å²) in [4.78, 5) is 12.3. The van der Waals surface area contributed by atoms with Gasteiger partial charge < -0.3 is 15.4 Å². The number of halogens is 1. The number of ether oxygens (including phenoxy) is 1. The van der Waals surface area contributed by atoms with E-state index in [2.05, 4.69) is 20.8 Å². The Kier molecular flexibility index (Phi) is 4.31. The van der Waals surface area contributed by atoms with E-state index in [0.29, 0.717) is 29.6 Å². The lowest BCUT2D eigenvalue weighted by Gasteiger charge is -2.13. The first kappa shape index (κ1) is 14.9. The maximum Gasteiger partial charge on any atom is 0.272 e. The van der Waals surface area contributed by atoms with Gasteiger partial charge in [0.15, 0.2) is 5.69 Å². The number of H-pyrrole nitrogens is 1. The predicted molar refractivity (Wildman–Crippen MR) is 83.2 cm³/mol. The predicted octanol–water partition coefficient (Wildman–Crippen LogP) is 1.65. The Morgan fingerprint density at radius 3 is 3.14 bits per heavy atom. The molecule has 1 aliphatic rings. The molecule has 1 aromatic heterocycles. The number of fused-ring (bicyclic) bond motifs is 1.